The van der Waals surface area contributed by atoms with Crippen molar-refractivity contribution in [3.05, 3.63) is 29.6 Å². The number of nitrogens with two attached hydrogens (primary N) is 1. The zero-order chi connectivity index (χ0) is 17.3. The first kappa shape index (κ1) is 16.4. The Balaban J connectivity index is 1.64. The van der Waals surface area contributed by atoms with Gasteiger partial charge in [0.25, 0.3) is 5.91 Å². The Morgan fingerprint density at radius 2 is 2.25 bits per heavy atom. The Morgan fingerprint density at radius 3 is 2.96 bits per heavy atom. The maximum Gasteiger partial charge on any atom is 0.251 e. The van der Waals surface area contributed by atoms with Gasteiger partial charge in [0, 0.05) is 19.4 Å². The number of aromatic amines is 1. The third-order valence-corrected chi connectivity index (χ3v) is 4.62. The SMILES string of the molecule is Cc1cccc2[nH]c(CCC(=O)N3CCCC(O)(C(N)=O)C3)nc12. The minimum Gasteiger partial charge on any atom is -0.378 e. The molecule has 1 fully saturated rings. The van der Waals surface area contributed by atoms with E-state index in [0.29, 0.717) is 25.8 Å². The number of amides is 2. The lowest BCUT2D eigenvalue weighted by molar-refractivity contribution is -0.149. The number of hydrogen-bond donors (Lipinski definition) is 3. The van der Waals surface area contributed by atoms with Crippen LogP contribution in [0.2, 0.25) is 0 Å². The van der Waals surface area contributed by atoms with Gasteiger partial charge in [-0.2, -0.15) is 0 Å². The van der Waals surface area contributed by atoms with Crippen molar-refractivity contribution in [1.29, 1.82) is 0 Å². The van der Waals surface area contributed by atoms with Gasteiger partial charge >= 0.3 is 0 Å². The van der Waals surface area contributed by atoms with E-state index < -0.39 is 11.5 Å². The maximum absolute atomic E-state index is 12.4. The summed E-state index contributed by atoms with van der Waals surface area (Å²) in [7, 11) is 0. The van der Waals surface area contributed by atoms with Crippen molar-refractivity contribution in [3.63, 3.8) is 0 Å². The number of hydrogen-bond acceptors (Lipinski definition) is 4. The standard InChI is InChI=1S/C17H22N4O3/c1-11-4-2-5-12-15(11)20-13(19-12)6-7-14(22)21-9-3-8-17(24,10-21)16(18)23/h2,4-5,24H,3,6-10H2,1H3,(H2,18,23)(H,19,20). The normalized spacial score (nSPS) is 21.2. The number of carbonyl (C=O) groups is 2. The summed E-state index contributed by atoms with van der Waals surface area (Å²) in [6.07, 6.45) is 1.62. The predicted octanol–water partition coefficient (Wildman–Crippen LogP) is 0.643. The molecule has 0 saturated carbocycles. The molecule has 0 radical (unpaired) electrons. The van der Waals surface area contributed by atoms with Crippen LogP contribution < -0.4 is 5.73 Å². The summed E-state index contributed by atoms with van der Waals surface area (Å²) in [5.74, 6) is -0.117. The summed E-state index contributed by atoms with van der Waals surface area (Å²) in [5.41, 5.74) is 6.60. The molecule has 2 heterocycles. The van der Waals surface area contributed by atoms with Crippen LogP contribution >= 0.6 is 0 Å². The fourth-order valence-corrected chi connectivity index (χ4v) is 3.18. The van der Waals surface area contributed by atoms with Crippen molar-refractivity contribution in [3.8, 4) is 0 Å². The fraction of sp³-hybridized carbons (Fsp3) is 0.471. The van der Waals surface area contributed by atoms with E-state index in [1.807, 2.05) is 25.1 Å². The lowest BCUT2D eigenvalue weighted by Gasteiger charge is -2.37. The van der Waals surface area contributed by atoms with Gasteiger partial charge in [-0.15, -0.1) is 0 Å². The number of aromatic nitrogens is 2. The summed E-state index contributed by atoms with van der Waals surface area (Å²) in [4.78, 5) is 33.0. The van der Waals surface area contributed by atoms with E-state index in [4.69, 9.17) is 5.73 Å². The van der Waals surface area contributed by atoms with Gasteiger partial charge in [-0.1, -0.05) is 12.1 Å². The molecule has 1 aliphatic rings. The Kier molecular flexibility index (Phi) is 4.28. The van der Waals surface area contributed by atoms with Crippen molar-refractivity contribution in [2.24, 2.45) is 5.73 Å². The van der Waals surface area contributed by atoms with Gasteiger partial charge in [-0.3, -0.25) is 9.59 Å². The van der Waals surface area contributed by atoms with E-state index in [0.717, 1.165) is 22.4 Å². The average molecular weight is 330 g/mol. The molecule has 128 valence electrons. The van der Waals surface area contributed by atoms with Crippen LogP contribution in [0, 0.1) is 6.92 Å². The van der Waals surface area contributed by atoms with Crippen LogP contribution in [-0.4, -0.2) is 50.5 Å². The summed E-state index contributed by atoms with van der Waals surface area (Å²) in [6.45, 7) is 2.50. The van der Waals surface area contributed by atoms with Crippen molar-refractivity contribution in [2.75, 3.05) is 13.1 Å². The second kappa shape index (κ2) is 6.24. The number of nitrogens with one attached hydrogen (secondary N) is 1. The summed E-state index contributed by atoms with van der Waals surface area (Å²) in [5, 5.41) is 10.2. The number of nitrogens with zero attached hydrogens (tertiary/aromatic N) is 2. The van der Waals surface area contributed by atoms with Crippen LogP contribution in [0.1, 0.15) is 30.7 Å². The van der Waals surface area contributed by atoms with E-state index in [-0.39, 0.29) is 18.9 Å². The number of rotatable bonds is 4. The Labute approximate surface area is 139 Å². The van der Waals surface area contributed by atoms with Crippen LogP contribution in [0.15, 0.2) is 18.2 Å². The number of aryl methyl sites for hydroxylation is 2. The zero-order valence-electron chi connectivity index (χ0n) is 13.7. The first-order chi connectivity index (χ1) is 11.4. The molecule has 1 aromatic carbocycles. The molecule has 24 heavy (non-hydrogen) atoms. The van der Waals surface area contributed by atoms with Crippen LogP contribution in [0.5, 0.6) is 0 Å². The molecule has 2 aromatic rings. The van der Waals surface area contributed by atoms with Crippen LogP contribution in [0.25, 0.3) is 11.0 Å². The molecule has 1 aliphatic heterocycles. The molecule has 2 amide bonds. The number of para-hydroxylation sites is 1. The smallest absolute Gasteiger partial charge is 0.251 e. The van der Waals surface area contributed by atoms with Crippen molar-refractivity contribution >= 4 is 22.8 Å². The third-order valence-electron chi connectivity index (χ3n) is 4.62. The molecule has 3 rings (SSSR count). The predicted molar refractivity (Wildman–Crippen MR) is 89.1 cm³/mol. The summed E-state index contributed by atoms with van der Waals surface area (Å²) >= 11 is 0. The molecular formula is C17H22N4O3. The van der Waals surface area contributed by atoms with Gasteiger partial charge < -0.3 is 20.7 Å². The Bertz CT molecular complexity index is 785. The number of primary amides is 1. The molecule has 1 saturated heterocycles. The van der Waals surface area contributed by atoms with Crippen LogP contribution in [0.4, 0.5) is 0 Å². The zero-order valence-corrected chi connectivity index (χ0v) is 13.7. The summed E-state index contributed by atoms with van der Waals surface area (Å²) < 4.78 is 0. The number of β-amino-alcohol motifs (C(OH)–C–C–N with tert-alkyl or cyclic N) is 1. The quantitative estimate of drug-likeness (QED) is 0.763. The molecule has 0 spiro atoms. The van der Waals surface area contributed by atoms with Gasteiger partial charge in [0.05, 0.1) is 17.6 Å². The first-order valence-electron chi connectivity index (χ1n) is 8.13. The second-order valence-electron chi connectivity index (χ2n) is 6.47. The van der Waals surface area contributed by atoms with Crippen molar-refractivity contribution < 1.29 is 14.7 Å². The van der Waals surface area contributed by atoms with E-state index >= 15 is 0 Å². The summed E-state index contributed by atoms with van der Waals surface area (Å²) in [6, 6.07) is 5.91. The number of aliphatic hydroxyl groups is 1. The average Bonchev–Trinajstić information content (AvgIpc) is 2.97. The number of fused-ring (bicyclic) bond motifs is 1. The van der Waals surface area contributed by atoms with Gasteiger partial charge in [0.2, 0.25) is 5.91 Å². The van der Waals surface area contributed by atoms with Gasteiger partial charge in [0.15, 0.2) is 5.60 Å². The van der Waals surface area contributed by atoms with Gasteiger partial charge in [-0.25, -0.2) is 4.98 Å². The van der Waals surface area contributed by atoms with Gasteiger partial charge in [-0.05, 0) is 31.4 Å². The number of benzene rings is 1. The van der Waals surface area contributed by atoms with Crippen LogP contribution in [0.3, 0.4) is 0 Å². The van der Waals surface area contributed by atoms with E-state index in [1.54, 1.807) is 0 Å². The number of likely N-dealkylation sites (tertiary alicyclic amines) is 1. The molecule has 7 nitrogen and oxygen atoms in total. The molecule has 1 aromatic heterocycles. The fourth-order valence-electron chi connectivity index (χ4n) is 3.18. The molecule has 7 heteroatoms. The molecule has 0 bridgehead atoms. The lowest BCUT2D eigenvalue weighted by atomic mass is 9.92. The topological polar surface area (TPSA) is 112 Å². The Hall–Kier alpha value is -2.41. The maximum atomic E-state index is 12.4. The second-order valence-corrected chi connectivity index (χ2v) is 6.47. The molecular weight excluding hydrogens is 308 g/mol. The number of imidazole rings is 1. The largest absolute Gasteiger partial charge is 0.378 e. The van der Waals surface area contributed by atoms with E-state index in [1.165, 1.54) is 4.90 Å². The molecule has 1 atom stereocenters. The molecule has 0 aliphatic carbocycles. The molecule has 4 N–H and O–H groups in total. The number of piperidine rings is 1. The van der Waals surface area contributed by atoms with E-state index in [9.17, 15) is 14.7 Å². The minimum absolute atomic E-state index is 0.0274. The third kappa shape index (κ3) is 3.12. The highest BCUT2D eigenvalue weighted by Crippen LogP contribution is 2.22. The minimum atomic E-state index is -1.61. The van der Waals surface area contributed by atoms with Gasteiger partial charge in [0.1, 0.15) is 5.82 Å². The van der Waals surface area contributed by atoms with E-state index in [2.05, 4.69) is 9.97 Å². The number of H-pyrrole nitrogens is 1. The Morgan fingerprint density at radius 1 is 1.46 bits per heavy atom. The highest BCUT2D eigenvalue weighted by Gasteiger charge is 2.39. The van der Waals surface area contributed by atoms with Crippen molar-refractivity contribution in [1.82, 2.24) is 14.9 Å². The first-order valence-corrected chi connectivity index (χ1v) is 8.13. The van der Waals surface area contributed by atoms with Crippen LogP contribution in [-0.2, 0) is 16.0 Å². The highest BCUT2D eigenvalue weighted by molar-refractivity contribution is 5.85. The monoisotopic (exact) mass is 330 g/mol. The molecule has 1 unspecified atom stereocenters. The highest BCUT2D eigenvalue weighted by atomic mass is 16.3. The lowest BCUT2D eigenvalue weighted by Crippen LogP contribution is -2.57. The van der Waals surface area contributed by atoms with Crippen molar-refractivity contribution in [2.45, 2.75) is 38.2 Å². The number of carbonyl (C=O) groups excluding carboxylic acids is 2.